The molecule has 3 aliphatic carbocycles. The lowest BCUT2D eigenvalue weighted by Gasteiger charge is -2.59. The van der Waals surface area contributed by atoms with Crippen molar-refractivity contribution in [3.8, 4) is 0 Å². The number of hydrogen-bond donors (Lipinski definition) is 0. The van der Waals surface area contributed by atoms with Crippen molar-refractivity contribution in [3.05, 3.63) is 0 Å². The van der Waals surface area contributed by atoms with E-state index in [9.17, 15) is 4.79 Å². The second-order valence-electron chi connectivity index (χ2n) is 9.28. The van der Waals surface area contributed by atoms with Crippen LogP contribution < -0.4 is 0 Å². The fourth-order valence-corrected chi connectivity index (χ4v) is 7.86. The predicted molar refractivity (Wildman–Crippen MR) is 97.2 cm³/mol. The van der Waals surface area contributed by atoms with Crippen LogP contribution in [0.5, 0.6) is 0 Å². The Morgan fingerprint density at radius 2 is 1.70 bits per heavy atom. The Bertz CT molecular complexity index is 455. The summed E-state index contributed by atoms with van der Waals surface area (Å²) in [4.78, 5) is 12.3. The summed E-state index contributed by atoms with van der Waals surface area (Å²) in [7, 11) is 0. The Labute approximate surface area is 144 Å². The summed E-state index contributed by atoms with van der Waals surface area (Å²) < 4.78 is 0. The summed E-state index contributed by atoms with van der Waals surface area (Å²) >= 11 is 0. The number of carbonyl (C=O) groups excluding carboxylic acids is 1. The summed E-state index contributed by atoms with van der Waals surface area (Å²) in [6.07, 6.45) is 12.0. The maximum Gasteiger partial charge on any atom is 0.133 e. The normalized spacial score (nSPS) is 49.5. The first kappa shape index (κ1) is 17.5. The molecule has 0 aromatic rings. The second kappa shape index (κ2) is 6.19. The highest BCUT2D eigenvalue weighted by Crippen LogP contribution is 2.67. The van der Waals surface area contributed by atoms with Gasteiger partial charge in [0, 0.05) is 5.92 Å². The van der Waals surface area contributed by atoms with Gasteiger partial charge in [-0.25, -0.2) is 0 Å². The number of rotatable bonds is 4. The molecule has 0 amide bonds. The Kier molecular flexibility index (Phi) is 4.71. The van der Waals surface area contributed by atoms with Gasteiger partial charge < -0.3 is 0 Å². The first-order valence-corrected chi connectivity index (χ1v) is 10.4. The van der Waals surface area contributed by atoms with Gasteiger partial charge in [-0.3, -0.25) is 4.79 Å². The van der Waals surface area contributed by atoms with Crippen molar-refractivity contribution in [3.63, 3.8) is 0 Å². The largest absolute Gasteiger partial charge is 0.300 e. The van der Waals surface area contributed by atoms with Gasteiger partial charge in [0.05, 0.1) is 0 Å². The Hall–Kier alpha value is -0.330. The van der Waals surface area contributed by atoms with E-state index in [2.05, 4.69) is 27.7 Å². The smallest absolute Gasteiger partial charge is 0.133 e. The molecule has 0 N–H and O–H groups in total. The fraction of sp³-hybridized carbons (Fsp3) is 0.955. The van der Waals surface area contributed by atoms with Crippen molar-refractivity contribution < 1.29 is 4.79 Å². The highest BCUT2D eigenvalue weighted by molar-refractivity contribution is 5.79. The first-order valence-electron chi connectivity index (χ1n) is 10.4. The Balaban J connectivity index is 1.93. The molecule has 0 radical (unpaired) electrons. The van der Waals surface area contributed by atoms with Gasteiger partial charge in [0.25, 0.3) is 0 Å². The molecule has 23 heavy (non-hydrogen) atoms. The zero-order valence-corrected chi connectivity index (χ0v) is 16.2. The minimum Gasteiger partial charge on any atom is -0.300 e. The molecule has 0 aromatic heterocycles. The number of carbonyl (C=O) groups is 1. The Morgan fingerprint density at radius 3 is 2.26 bits per heavy atom. The molecule has 3 fully saturated rings. The zero-order valence-electron chi connectivity index (χ0n) is 16.2. The quantitative estimate of drug-likeness (QED) is 0.598. The number of ketones is 1. The summed E-state index contributed by atoms with van der Waals surface area (Å²) in [5.74, 6) is 4.43. The molecule has 1 nitrogen and oxygen atoms in total. The van der Waals surface area contributed by atoms with Gasteiger partial charge >= 0.3 is 0 Å². The van der Waals surface area contributed by atoms with Gasteiger partial charge in [-0.05, 0) is 86.4 Å². The second-order valence-corrected chi connectivity index (χ2v) is 9.28. The number of Topliss-reactive ketones (excluding diaryl/α,β-unsaturated/α-hetero) is 1. The maximum absolute atomic E-state index is 12.3. The summed E-state index contributed by atoms with van der Waals surface area (Å²) in [5, 5.41) is 0. The molecular weight excluding hydrogens is 280 g/mol. The number of hydrogen-bond acceptors (Lipinski definition) is 1. The molecular formula is C22H38O. The number of fused-ring (bicyclic) bond motifs is 3. The van der Waals surface area contributed by atoms with Crippen LogP contribution in [-0.4, -0.2) is 5.78 Å². The van der Waals surface area contributed by atoms with Crippen molar-refractivity contribution in [1.29, 1.82) is 0 Å². The van der Waals surface area contributed by atoms with Gasteiger partial charge in [0.15, 0.2) is 0 Å². The molecule has 1 heteroatoms. The van der Waals surface area contributed by atoms with Gasteiger partial charge in [-0.1, -0.05) is 40.5 Å². The van der Waals surface area contributed by atoms with E-state index in [-0.39, 0.29) is 0 Å². The van der Waals surface area contributed by atoms with E-state index in [1.165, 1.54) is 57.8 Å². The molecule has 0 bridgehead atoms. The molecule has 3 saturated carbocycles. The summed E-state index contributed by atoms with van der Waals surface area (Å²) in [6, 6.07) is 0. The highest BCUT2D eigenvalue weighted by Gasteiger charge is 2.60. The van der Waals surface area contributed by atoms with Gasteiger partial charge in [-0.2, -0.15) is 0 Å². The molecule has 0 aliphatic heterocycles. The van der Waals surface area contributed by atoms with Crippen LogP contribution in [0.3, 0.4) is 0 Å². The molecule has 0 spiro atoms. The monoisotopic (exact) mass is 318 g/mol. The van der Waals surface area contributed by atoms with Crippen LogP contribution >= 0.6 is 0 Å². The van der Waals surface area contributed by atoms with Crippen LogP contribution in [0.15, 0.2) is 0 Å². The van der Waals surface area contributed by atoms with Crippen molar-refractivity contribution in [1.82, 2.24) is 0 Å². The van der Waals surface area contributed by atoms with Crippen molar-refractivity contribution in [2.45, 2.75) is 92.4 Å². The van der Waals surface area contributed by atoms with Crippen molar-refractivity contribution in [2.24, 2.45) is 40.4 Å². The van der Waals surface area contributed by atoms with Gasteiger partial charge in [0.1, 0.15) is 5.78 Å². The maximum atomic E-state index is 12.3. The van der Waals surface area contributed by atoms with E-state index in [0.717, 1.165) is 23.7 Å². The minimum absolute atomic E-state index is 0.362. The van der Waals surface area contributed by atoms with E-state index < -0.39 is 0 Å². The van der Waals surface area contributed by atoms with E-state index in [1.54, 1.807) is 0 Å². The van der Waals surface area contributed by atoms with Gasteiger partial charge in [-0.15, -0.1) is 0 Å². The zero-order chi connectivity index (χ0) is 16.8. The average Bonchev–Trinajstić information content (AvgIpc) is 2.95. The summed E-state index contributed by atoms with van der Waals surface area (Å²) in [5.41, 5.74) is 0.909. The van der Waals surface area contributed by atoms with E-state index in [4.69, 9.17) is 0 Å². The standard InChI is InChI=1S/C22H38O/c1-6-16-9-10-17-19(21(16,5)7-2)13-14-22(8-3)18(15(4)23)11-12-20(17)22/h16-20H,6-14H2,1-5H3/t16-,17?,18?,19+,20+,21?,22?/m1/s1. The molecule has 4 unspecified atom stereocenters. The molecule has 3 rings (SSSR count). The van der Waals surface area contributed by atoms with E-state index in [0.29, 0.717) is 22.5 Å². The molecule has 0 heterocycles. The molecule has 0 aromatic carbocycles. The van der Waals surface area contributed by atoms with Crippen LogP contribution in [0.4, 0.5) is 0 Å². The van der Waals surface area contributed by atoms with E-state index in [1.807, 2.05) is 6.92 Å². The van der Waals surface area contributed by atoms with Crippen LogP contribution in [-0.2, 0) is 4.79 Å². The van der Waals surface area contributed by atoms with Crippen LogP contribution in [0.1, 0.15) is 92.4 Å². The lowest BCUT2D eigenvalue weighted by Crippen LogP contribution is -2.52. The topological polar surface area (TPSA) is 17.1 Å². The molecule has 3 aliphatic rings. The molecule has 132 valence electrons. The third-order valence-electron chi connectivity index (χ3n) is 9.18. The SMILES string of the molecule is CC[C@@H]1CCC2[C@@H]3CCC(C(C)=O)C3(CC)CC[C@@H]2C1(C)CC. The lowest BCUT2D eigenvalue weighted by atomic mass is 9.45. The first-order chi connectivity index (χ1) is 10.9. The minimum atomic E-state index is 0.362. The average molecular weight is 319 g/mol. The Morgan fingerprint density at radius 1 is 0.957 bits per heavy atom. The van der Waals surface area contributed by atoms with E-state index >= 15 is 0 Å². The lowest BCUT2D eigenvalue weighted by molar-refractivity contribution is -0.133. The van der Waals surface area contributed by atoms with Crippen LogP contribution in [0.25, 0.3) is 0 Å². The molecule has 0 saturated heterocycles. The summed E-state index contributed by atoms with van der Waals surface area (Å²) in [6.45, 7) is 11.7. The van der Waals surface area contributed by atoms with Crippen molar-refractivity contribution in [2.75, 3.05) is 0 Å². The molecule has 7 atom stereocenters. The van der Waals surface area contributed by atoms with Crippen LogP contribution in [0, 0.1) is 40.4 Å². The van der Waals surface area contributed by atoms with Gasteiger partial charge in [0.2, 0.25) is 0 Å². The van der Waals surface area contributed by atoms with Crippen LogP contribution in [0.2, 0.25) is 0 Å². The highest BCUT2D eigenvalue weighted by atomic mass is 16.1. The third-order valence-corrected chi connectivity index (χ3v) is 9.18. The third kappa shape index (κ3) is 2.35. The predicted octanol–water partition coefficient (Wildman–Crippen LogP) is 6.26. The fourth-order valence-electron chi connectivity index (χ4n) is 7.86. The van der Waals surface area contributed by atoms with Crippen molar-refractivity contribution >= 4 is 5.78 Å².